The molecule has 3 aromatic rings. The van der Waals surface area contributed by atoms with Gasteiger partial charge >= 0.3 is 0 Å². The first kappa shape index (κ1) is 13.0. The van der Waals surface area contributed by atoms with Crippen LogP contribution in [0.25, 0.3) is 10.9 Å². The molecule has 2 nitrogen and oxygen atoms in total. The van der Waals surface area contributed by atoms with Crippen LogP contribution in [0.3, 0.4) is 0 Å². The summed E-state index contributed by atoms with van der Waals surface area (Å²) >= 11 is 1.75. The monoisotopic (exact) mass is 281 g/mol. The number of rotatable bonds is 5. The molecule has 2 heterocycles. The van der Waals surface area contributed by atoms with Gasteiger partial charge in [0.25, 0.3) is 0 Å². The van der Waals surface area contributed by atoms with Gasteiger partial charge in [0.15, 0.2) is 5.78 Å². The lowest BCUT2D eigenvalue weighted by atomic mass is 10.0. The number of carbonyl (C=O) groups excluding carboxylic acids is 1. The molecule has 0 aliphatic rings. The first-order valence-corrected chi connectivity index (χ1v) is 7.61. The van der Waals surface area contributed by atoms with Crippen molar-refractivity contribution in [3.8, 4) is 0 Å². The summed E-state index contributed by atoms with van der Waals surface area (Å²) in [6.45, 7) is 0. The number of ketones is 1. The molecular formula is C17H15NOS. The van der Waals surface area contributed by atoms with E-state index in [0.717, 1.165) is 29.3 Å². The minimum Gasteiger partial charge on any atom is -0.294 e. The fraction of sp³-hybridized carbons (Fsp3) is 0.176. The number of hydrogen-bond acceptors (Lipinski definition) is 3. The number of thiophene rings is 1. The first-order valence-electron chi connectivity index (χ1n) is 6.73. The molecule has 100 valence electrons. The molecule has 0 N–H and O–H groups in total. The normalized spacial score (nSPS) is 10.8. The van der Waals surface area contributed by atoms with Crippen molar-refractivity contribution in [3.63, 3.8) is 0 Å². The second-order valence-corrected chi connectivity index (χ2v) is 5.80. The molecule has 0 fully saturated rings. The highest BCUT2D eigenvalue weighted by atomic mass is 32.1. The van der Waals surface area contributed by atoms with Crippen LogP contribution in [-0.4, -0.2) is 10.8 Å². The Bertz CT molecular complexity index is 719. The lowest BCUT2D eigenvalue weighted by Gasteiger charge is -2.03. The van der Waals surface area contributed by atoms with Gasteiger partial charge in [-0.05, 0) is 48.6 Å². The van der Waals surface area contributed by atoms with Crippen LogP contribution >= 0.6 is 11.3 Å². The van der Waals surface area contributed by atoms with Crippen molar-refractivity contribution in [2.45, 2.75) is 19.3 Å². The zero-order chi connectivity index (χ0) is 13.8. The number of aryl methyl sites for hydroxylation is 1. The molecule has 3 rings (SSSR count). The summed E-state index contributed by atoms with van der Waals surface area (Å²) in [6, 6.07) is 13.8. The second kappa shape index (κ2) is 5.97. The molecule has 0 saturated heterocycles. The van der Waals surface area contributed by atoms with E-state index in [2.05, 4.69) is 22.5 Å². The number of aromatic nitrogens is 1. The third-order valence-electron chi connectivity index (χ3n) is 3.33. The number of pyridine rings is 1. The summed E-state index contributed by atoms with van der Waals surface area (Å²) in [5.41, 5.74) is 1.72. The van der Waals surface area contributed by atoms with Gasteiger partial charge in [0.05, 0.1) is 5.52 Å². The van der Waals surface area contributed by atoms with E-state index >= 15 is 0 Å². The lowest BCUT2D eigenvalue weighted by Crippen LogP contribution is -1.99. The number of hydrogen-bond donors (Lipinski definition) is 0. The summed E-state index contributed by atoms with van der Waals surface area (Å²) in [6.07, 6.45) is 4.26. The second-order valence-electron chi connectivity index (χ2n) is 4.77. The van der Waals surface area contributed by atoms with E-state index in [1.807, 2.05) is 30.3 Å². The molecule has 0 saturated carbocycles. The molecule has 0 spiro atoms. The minimum atomic E-state index is 0.215. The molecular weight excluding hydrogens is 266 g/mol. The third-order valence-corrected chi connectivity index (χ3v) is 4.27. The molecule has 0 aliphatic heterocycles. The van der Waals surface area contributed by atoms with Crippen LogP contribution in [0, 0.1) is 0 Å². The van der Waals surface area contributed by atoms with Crippen LogP contribution < -0.4 is 0 Å². The Kier molecular flexibility index (Phi) is 3.88. The number of benzene rings is 1. The predicted octanol–water partition coefficient (Wildman–Crippen LogP) is 4.50. The predicted molar refractivity (Wildman–Crippen MR) is 83.3 cm³/mol. The molecule has 3 heteroatoms. The van der Waals surface area contributed by atoms with Crippen LogP contribution in [-0.2, 0) is 6.42 Å². The van der Waals surface area contributed by atoms with E-state index in [0.29, 0.717) is 6.42 Å². The van der Waals surface area contributed by atoms with E-state index < -0.39 is 0 Å². The van der Waals surface area contributed by atoms with Crippen LogP contribution in [0.5, 0.6) is 0 Å². The summed E-state index contributed by atoms with van der Waals surface area (Å²) < 4.78 is 0. The molecule has 2 aromatic heterocycles. The lowest BCUT2D eigenvalue weighted by molar-refractivity contribution is 0.0980. The zero-order valence-electron chi connectivity index (χ0n) is 11.1. The molecule has 20 heavy (non-hydrogen) atoms. The Balaban J connectivity index is 1.66. The SMILES string of the molecule is O=C(CCCc1cccs1)c1ccc2ncccc2c1. The van der Waals surface area contributed by atoms with Gasteiger partial charge in [-0.2, -0.15) is 0 Å². The van der Waals surface area contributed by atoms with Crippen molar-refractivity contribution in [3.05, 3.63) is 64.5 Å². The van der Waals surface area contributed by atoms with Crippen molar-refractivity contribution < 1.29 is 4.79 Å². The fourth-order valence-corrected chi connectivity index (χ4v) is 3.02. The van der Waals surface area contributed by atoms with Gasteiger partial charge < -0.3 is 0 Å². The van der Waals surface area contributed by atoms with Gasteiger partial charge in [0.2, 0.25) is 0 Å². The van der Waals surface area contributed by atoms with Gasteiger partial charge in [-0.15, -0.1) is 11.3 Å². The van der Waals surface area contributed by atoms with Crippen molar-refractivity contribution in [2.75, 3.05) is 0 Å². The quantitative estimate of drug-likeness (QED) is 0.644. The van der Waals surface area contributed by atoms with Gasteiger partial charge in [0.1, 0.15) is 0 Å². The standard InChI is InChI=1S/C17H15NOS/c19-17(7-1-5-15-6-3-11-20-15)14-8-9-16-13(12-14)4-2-10-18-16/h2-4,6,8-12H,1,5,7H2. The molecule has 0 atom stereocenters. The Morgan fingerprint density at radius 2 is 2.10 bits per heavy atom. The maximum absolute atomic E-state index is 12.2. The first-order chi connectivity index (χ1) is 9.83. The maximum Gasteiger partial charge on any atom is 0.162 e. The van der Waals surface area contributed by atoms with Crippen LogP contribution in [0.4, 0.5) is 0 Å². The van der Waals surface area contributed by atoms with Crippen molar-refractivity contribution in [1.29, 1.82) is 0 Å². The highest BCUT2D eigenvalue weighted by Gasteiger charge is 2.07. The third kappa shape index (κ3) is 2.94. The van der Waals surface area contributed by atoms with Crippen molar-refractivity contribution in [2.24, 2.45) is 0 Å². The Labute approximate surface area is 122 Å². The molecule has 0 unspecified atom stereocenters. The van der Waals surface area contributed by atoms with Crippen LogP contribution in [0.2, 0.25) is 0 Å². The number of Topliss-reactive ketones (excluding diaryl/α,β-unsaturated/α-hetero) is 1. The summed E-state index contributed by atoms with van der Waals surface area (Å²) in [4.78, 5) is 17.8. The fourth-order valence-electron chi connectivity index (χ4n) is 2.27. The van der Waals surface area contributed by atoms with Gasteiger partial charge in [-0.3, -0.25) is 9.78 Å². The summed E-state index contributed by atoms with van der Waals surface area (Å²) in [7, 11) is 0. The maximum atomic E-state index is 12.2. The van der Waals surface area contributed by atoms with E-state index in [1.165, 1.54) is 4.88 Å². The summed E-state index contributed by atoms with van der Waals surface area (Å²) in [5.74, 6) is 0.215. The van der Waals surface area contributed by atoms with E-state index in [9.17, 15) is 4.79 Å². The minimum absolute atomic E-state index is 0.215. The smallest absolute Gasteiger partial charge is 0.162 e. The molecule has 0 aliphatic carbocycles. The average Bonchev–Trinajstić information content (AvgIpc) is 3.00. The van der Waals surface area contributed by atoms with Crippen molar-refractivity contribution >= 4 is 28.0 Å². The zero-order valence-corrected chi connectivity index (χ0v) is 11.9. The van der Waals surface area contributed by atoms with E-state index in [-0.39, 0.29) is 5.78 Å². The molecule has 0 amide bonds. The molecule has 0 bridgehead atoms. The summed E-state index contributed by atoms with van der Waals surface area (Å²) in [5, 5.41) is 3.10. The topological polar surface area (TPSA) is 30.0 Å². The van der Waals surface area contributed by atoms with Gasteiger partial charge in [-0.1, -0.05) is 12.1 Å². The average molecular weight is 281 g/mol. The molecule has 0 radical (unpaired) electrons. The number of carbonyl (C=O) groups is 1. The Morgan fingerprint density at radius 3 is 2.95 bits per heavy atom. The Hall–Kier alpha value is -2.00. The highest BCUT2D eigenvalue weighted by Crippen LogP contribution is 2.17. The van der Waals surface area contributed by atoms with Crippen molar-refractivity contribution in [1.82, 2.24) is 4.98 Å². The van der Waals surface area contributed by atoms with Crippen LogP contribution in [0.1, 0.15) is 28.1 Å². The number of nitrogens with zero attached hydrogens (tertiary/aromatic N) is 1. The Morgan fingerprint density at radius 1 is 1.15 bits per heavy atom. The van der Waals surface area contributed by atoms with Crippen LogP contribution in [0.15, 0.2) is 54.0 Å². The largest absolute Gasteiger partial charge is 0.294 e. The van der Waals surface area contributed by atoms with Gasteiger partial charge in [0, 0.05) is 28.4 Å². The molecule has 1 aromatic carbocycles. The van der Waals surface area contributed by atoms with E-state index in [4.69, 9.17) is 0 Å². The number of fused-ring (bicyclic) bond motifs is 1. The van der Waals surface area contributed by atoms with Gasteiger partial charge in [-0.25, -0.2) is 0 Å². The highest BCUT2D eigenvalue weighted by molar-refractivity contribution is 7.09. The van der Waals surface area contributed by atoms with E-state index in [1.54, 1.807) is 17.5 Å².